The molecule has 4 aromatic carbocycles. The third-order valence-electron chi connectivity index (χ3n) is 8.25. The molecule has 222 valence electrons. The Labute approximate surface area is 256 Å². The number of benzene rings is 4. The van der Waals surface area contributed by atoms with E-state index in [1.165, 1.54) is 4.90 Å². The number of amides is 2. The number of aliphatic hydroxyl groups excluding tert-OH is 1. The highest BCUT2D eigenvalue weighted by molar-refractivity contribution is 5.98. The van der Waals surface area contributed by atoms with Gasteiger partial charge in [-0.05, 0) is 23.1 Å². The molecule has 1 saturated heterocycles. The number of piperazine rings is 1. The monoisotopic (exact) mass is 586 g/mol. The fourth-order valence-electron chi connectivity index (χ4n) is 6.08. The minimum absolute atomic E-state index is 0.205. The van der Waals surface area contributed by atoms with E-state index in [0.29, 0.717) is 12.1 Å². The Balaban J connectivity index is 1.45. The lowest BCUT2D eigenvalue weighted by atomic mass is 9.94. The van der Waals surface area contributed by atoms with Crippen LogP contribution in [0.4, 0.5) is 4.79 Å². The predicted molar refractivity (Wildman–Crippen MR) is 168 cm³/mol. The van der Waals surface area contributed by atoms with Crippen LogP contribution in [0.15, 0.2) is 128 Å². The summed E-state index contributed by atoms with van der Waals surface area (Å²) in [6.45, 7) is 0.669. The van der Waals surface area contributed by atoms with Crippen molar-refractivity contribution in [3.05, 3.63) is 150 Å². The smallest absolute Gasteiger partial charge is 0.407 e. The molecule has 8 nitrogen and oxygen atoms in total. The Morgan fingerprint density at radius 3 is 1.95 bits per heavy atom. The Kier molecular flexibility index (Phi) is 8.52. The van der Waals surface area contributed by atoms with Gasteiger partial charge in [0.25, 0.3) is 5.91 Å². The van der Waals surface area contributed by atoms with Crippen LogP contribution in [0.25, 0.3) is 11.3 Å². The van der Waals surface area contributed by atoms with E-state index in [1.807, 2.05) is 126 Å². The standard InChI is InChI=1S/C36H34N4O4/c41-34(29-19-11-4-12-20-29)33(28-17-9-3-10-18-28)40-25-37-31(32(40)27-15-7-2-8-16-27)35(42)39-22-21-38(36(43)44)24-30(39)23-26-13-5-1-6-14-26/h1-20,25,30,33-34,41H,21-24H2,(H,43,44)/t30-,33+,34+/m1/s1. The molecule has 3 atom stereocenters. The summed E-state index contributed by atoms with van der Waals surface area (Å²) in [6.07, 6.45) is 0.226. The zero-order chi connectivity index (χ0) is 30.5. The molecule has 0 radical (unpaired) electrons. The van der Waals surface area contributed by atoms with Crippen LogP contribution < -0.4 is 0 Å². The first-order valence-electron chi connectivity index (χ1n) is 14.7. The Bertz CT molecular complexity index is 1690. The summed E-state index contributed by atoms with van der Waals surface area (Å²) in [5.41, 5.74) is 4.28. The van der Waals surface area contributed by atoms with E-state index in [2.05, 4.69) is 0 Å². The van der Waals surface area contributed by atoms with Gasteiger partial charge in [0.05, 0.1) is 24.1 Å². The molecule has 8 heteroatoms. The van der Waals surface area contributed by atoms with Crippen LogP contribution in [0.3, 0.4) is 0 Å². The maximum Gasteiger partial charge on any atom is 0.407 e. The van der Waals surface area contributed by atoms with Gasteiger partial charge in [-0.1, -0.05) is 121 Å². The lowest BCUT2D eigenvalue weighted by Gasteiger charge is -2.40. The number of carbonyl (C=O) groups excluding carboxylic acids is 1. The molecule has 44 heavy (non-hydrogen) atoms. The summed E-state index contributed by atoms with van der Waals surface area (Å²) in [4.78, 5) is 34.3. The van der Waals surface area contributed by atoms with Crippen LogP contribution in [0, 0.1) is 0 Å². The molecule has 0 saturated carbocycles. The highest BCUT2D eigenvalue weighted by Gasteiger charge is 2.37. The predicted octanol–water partition coefficient (Wildman–Crippen LogP) is 5.92. The summed E-state index contributed by atoms with van der Waals surface area (Å²) < 4.78 is 1.90. The minimum atomic E-state index is -0.995. The van der Waals surface area contributed by atoms with E-state index in [1.54, 1.807) is 11.2 Å². The van der Waals surface area contributed by atoms with Crippen molar-refractivity contribution in [1.29, 1.82) is 0 Å². The lowest BCUT2D eigenvalue weighted by Crippen LogP contribution is -2.57. The molecule has 2 heterocycles. The van der Waals surface area contributed by atoms with Crippen molar-refractivity contribution in [2.24, 2.45) is 0 Å². The summed E-state index contributed by atoms with van der Waals surface area (Å²) in [6, 6.07) is 37.7. The first-order valence-corrected chi connectivity index (χ1v) is 14.7. The van der Waals surface area contributed by atoms with E-state index >= 15 is 0 Å². The maximum atomic E-state index is 14.5. The molecule has 0 bridgehead atoms. The van der Waals surface area contributed by atoms with Crippen LogP contribution in [0.1, 0.15) is 39.3 Å². The lowest BCUT2D eigenvalue weighted by molar-refractivity contribution is 0.0447. The van der Waals surface area contributed by atoms with Gasteiger partial charge in [-0.2, -0.15) is 0 Å². The number of carbonyl (C=O) groups is 2. The Morgan fingerprint density at radius 2 is 1.34 bits per heavy atom. The van der Waals surface area contributed by atoms with Gasteiger partial charge in [-0.3, -0.25) is 4.79 Å². The number of carboxylic acid groups (broad SMARTS) is 1. The number of aromatic nitrogens is 2. The van der Waals surface area contributed by atoms with Gasteiger partial charge in [-0.15, -0.1) is 0 Å². The molecule has 1 fully saturated rings. The van der Waals surface area contributed by atoms with Gasteiger partial charge >= 0.3 is 6.09 Å². The summed E-state index contributed by atoms with van der Waals surface area (Å²) in [5, 5.41) is 21.6. The number of hydrogen-bond donors (Lipinski definition) is 2. The second kappa shape index (κ2) is 13.0. The first-order chi connectivity index (χ1) is 21.5. The summed E-state index contributed by atoms with van der Waals surface area (Å²) >= 11 is 0. The van der Waals surface area contributed by atoms with Gasteiger partial charge in [0.1, 0.15) is 6.10 Å². The molecule has 2 amide bonds. The number of rotatable bonds is 8. The third kappa shape index (κ3) is 5.98. The average Bonchev–Trinajstić information content (AvgIpc) is 3.51. The Morgan fingerprint density at radius 1 is 0.773 bits per heavy atom. The zero-order valence-corrected chi connectivity index (χ0v) is 24.2. The van der Waals surface area contributed by atoms with E-state index < -0.39 is 18.2 Å². The van der Waals surface area contributed by atoms with Crippen molar-refractivity contribution >= 4 is 12.0 Å². The molecule has 0 aliphatic carbocycles. The van der Waals surface area contributed by atoms with Crippen molar-refractivity contribution in [1.82, 2.24) is 19.4 Å². The normalized spacial score (nSPS) is 16.3. The van der Waals surface area contributed by atoms with E-state index in [0.717, 1.165) is 22.3 Å². The van der Waals surface area contributed by atoms with Gasteiger partial charge in [0, 0.05) is 25.2 Å². The molecule has 1 aliphatic heterocycles. The fourth-order valence-corrected chi connectivity index (χ4v) is 6.08. The number of hydrogen-bond acceptors (Lipinski definition) is 4. The van der Waals surface area contributed by atoms with E-state index in [4.69, 9.17) is 4.98 Å². The second-order valence-electron chi connectivity index (χ2n) is 11.0. The van der Waals surface area contributed by atoms with Gasteiger partial charge in [0.2, 0.25) is 0 Å². The van der Waals surface area contributed by atoms with Crippen molar-refractivity contribution in [3.63, 3.8) is 0 Å². The number of nitrogens with zero attached hydrogens (tertiary/aromatic N) is 4. The van der Waals surface area contributed by atoms with Crippen LogP contribution in [-0.4, -0.2) is 67.2 Å². The largest absolute Gasteiger partial charge is 0.465 e. The van der Waals surface area contributed by atoms with Crippen molar-refractivity contribution in [3.8, 4) is 11.3 Å². The first kappa shape index (κ1) is 28.9. The van der Waals surface area contributed by atoms with Crippen molar-refractivity contribution in [2.75, 3.05) is 19.6 Å². The molecule has 5 aromatic rings. The van der Waals surface area contributed by atoms with Crippen LogP contribution >= 0.6 is 0 Å². The van der Waals surface area contributed by atoms with Crippen molar-refractivity contribution < 1.29 is 19.8 Å². The molecule has 0 unspecified atom stereocenters. The molecule has 1 aliphatic rings. The molecular formula is C36H34N4O4. The topological polar surface area (TPSA) is 98.9 Å². The highest BCUT2D eigenvalue weighted by atomic mass is 16.4. The summed E-state index contributed by atoms with van der Waals surface area (Å²) in [5.74, 6) is -0.269. The fraction of sp³-hybridized carbons (Fsp3) is 0.194. The minimum Gasteiger partial charge on any atom is -0.465 e. The van der Waals surface area contributed by atoms with Crippen LogP contribution in [0.2, 0.25) is 0 Å². The number of imidazole rings is 1. The molecule has 0 spiro atoms. The number of aliphatic hydroxyl groups is 1. The highest BCUT2D eigenvalue weighted by Crippen LogP contribution is 2.38. The van der Waals surface area contributed by atoms with Gasteiger partial charge in [-0.25, -0.2) is 9.78 Å². The van der Waals surface area contributed by atoms with E-state index in [-0.39, 0.29) is 37.3 Å². The summed E-state index contributed by atoms with van der Waals surface area (Å²) in [7, 11) is 0. The van der Waals surface area contributed by atoms with Crippen LogP contribution in [0.5, 0.6) is 0 Å². The zero-order valence-electron chi connectivity index (χ0n) is 24.2. The van der Waals surface area contributed by atoms with E-state index in [9.17, 15) is 19.8 Å². The maximum absolute atomic E-state index is 14.5. The molecule has 1 aromatic heterocycles. The molecule has 6 rings (SSSR count). The second-order valence-corrected chi connectivity index (χ2v) is 11.0. The SMILES string of the molecule is O=C(O)N1CCN(C(=O)c2ncn([C@@H](c3ccccc3)[C@@H](O)c3ccccc3)c2-c2ccccc2)[C@H](Cc2ccccc2)C1. The quantitative estimate of drug-likeness (QED) is 0.235. The Hall–Kier alpha value is -5.21. The third-order valence-corrected chi connectivity index (χ3v) is 8.25. The van der Waals surface area contributed by atoms with Gasteiger partial charge in [0.15, 0.2) is 5.69 Å². The average molecular weight is 587 g/mol. The van der Waals surface area contributed by atoms with Crippen LogP contribution in [-0.2, 0) is 6.42 Å². The molecule has 2 N–H and O–H groups in total. The van der Waals surface area contributed by atoms with Crippen molar-refractivity contribution in [2.45, 2.75) is 24.6 Å². The van der Waals surface area contributed by atoms with Gasteiger partial charge < -0.3 is 24.6 Å². The molecular weight excluding hydrogens is 552 g/mol.